The van der Waals surface area contributed by atoms with Crippen LogP contribution in [-0.2, 0) is 0 Å². The molecule has 0 spiro atoms. The van der Waals surface area contributed by atoms with E-state index in [9.17, 15) is 4.79 Å². The van der Waals surface area contributed by atoms with Crippen molar-refractivity contribution in [2.75, 3.05) is 0 Å². The number of hydrogen-bond acceptors (Lipinski definition) is 3. The standard InChI is InChI=1S/C13H13ClO3/c1-3-8(2)16-9-4-5-10-11(14)7-13(15)17-12(10)6-9/h4-8H,3H2,1-2H3. The first kappa shape index (κ1) is 12.0. The van der Waals surface area contributed by atoms with Crippen molar-refractivity contribution in [2.45, 2.75) is 26.4 Å². The van der Waals surface area contributed by atoms with Crippen LogP contribution in [-0.4, -0.2) is 6.10 Å². The zero-order valence-corrected chi connectivity index (χ0v) is 10.5. The van der Waals surface area contributed by atoms with Crippen molar-refractivity contribution in [1.82, 2.24) is 0 Å². The Hall–Kier alpha value is -1.48. The Balaban J connectivity index is 2.46. The van der Waals surface area contributed by atoms with Crippen molar-refractivity contribution in [3.05, 3.63) is 39.7 Å². The van der Waals surface area contributed by atoms with Crippen molar-refractivity contribution in [3.8, 4) is 5.75 Å². The molecule has 0 bridgehead atoms. The van der Waals surface area contributed by atoms with Crippen LogP contribution >= 0.6 is 11.6 Å². The van der Waals surface area contributed by atoms with Crippen molar-refractivity contribution >= 4 is 22.6 Å². The first-order valence-electron chi connectivity index (χ1n) is 5.50. The van der Waals surface area contributed by atoms with Gasteiger partial charge in [0.05, 0.1) is 11.1 Å². The molecular weight excluding hydrogens is 240 g/mol. The van der Waals surface area contributed by atoms with Gasteiger partial charge in [-0.15, -0.1) is 0 Å². The third kappa shape index (κ3) is 2.61. The minimum Gasteiger partial charge on any atom is -0.491 e. The smallest absolute Gasteiger partial charge is 0.337 e. The van der Waals surface area contributed by atoms with E-state index in [0.717, 1.165) is 6.42 Å². The number of fused-ring (bicyclic) bond motifs is 1. The molecule has 0 amide bonds. The van der Waals surface area contributed by atoms with E-state index in [1.165, 1.54) is 6.07 Å². The van der Waals surface area contributed by atoms with Crippen LogP contribution in [0.2, 0.25) is 5.02 Å². The average molecular weight is 253 g/mol. The lowest BCUT2D eigenvalue weighted by Crippen LogP contribution is -2.09. The molecule has 3 nitrogen and oxygen atoms in total. The second-order valence-corrected chi connectivity index (χ2v) is 4.32. The molecule has 0 N–H and O–H groups in total. The van der Waals surface area contributed by atoms with Gasteiger partial charge >= 0.3 is 5.63 Å². The Morgan fingerprint density at radius 3 is 2.88 bits per heavy atom. The normalized spacial score (nSPS) is 12.6. The van der Waals surface area contributed by atoms with Gasteiger partial charge in [-0.05, 0) is 25.5 Å². The maximum absolute atomic E-state index is 11.2. The van der Waals surface area contributed by atoms with Crippen LogP contribution in [0.3, 0.4) is 0 Å². The maximum atomic E-state index is 11.2. The van der Waals surface area contributed by atoms with E-state index in [0.29, 0.717) is 21.7 Å². The third-order valence-corrected chi connectivity index (χ3v) is 2.89. The maximum Gasteiger partial charge on any atom is 0.337 e. The van der Waals surface area contributed by atoms with E-state index in [1.54, 1.807) is 12.1 Å². The van der Waals surface area contributed by atoms with E-state index < -0.39 is 5.63 Å². The third-order valence-electron chi connectivity index (χ3n) is 2.58. The summed E-state index contributed by atoms with van der Waals surface area (Å²) in [5.74, 6) is 0.678. The molecule has 0 aliphatic heterocycles. The van der Waals surface area contributed by atoms with Crippen LogP contribution < -0.4 is 10.4 Å². The molecule has 2 rings (SSSR count). The Bertz CT molecular complexity index is 589. The molecule has 1 unspecified atom stereocenters. The second-order valence-electron chi connectivity index (χ2n) is 3.91. The molecule has 0 aliphatic carbocycles. The minimum absolute atomic E-state index is 0.123. The van der Waals surface area contributed by atoms with Crippen molar-refractivity contribution in [2.24, 2.45) is 0 Å². The van der Waals surface area contributed by atoms with Gasteiger partial charge in [0.1, 0.15) is 11.3 Å². The van der Waals surface area contributed by atoms with Gasteiger partial charge in [-0.1, -0.05) is 18.5 Å². The molecular formula is C13H13ClO3. The van der Waals surface area contributed by atoms with Crippen LogP contribution in [0.15, 0.2) is 33.5 Å². The summed E-state index contributed by atoms with van der Waals surface area (Å²) in [5, 5.41) is 1.11. The van der Waals surface area contributed by atoms with Crippen LogP contribution in [0.5, 0.6) is 5.75 Å². The molecule has 17 heavy (non-hydrogen) atoms. The van der Waals surface area contributed by atoms with Gasteiger partial charge in [-0.25, -0.2) is 4.79 Å². The number of benzene rings is 1. The Morgan fingerprint density at radius 1 is 1.41 bits per heavy atom. The highest BCUT2D eigenvalue weighted by Gasteiger charge is 2.07. The summed E-state index contributed by atoms with van der Waals surface area (Å²) in [5.41, 5.74) is -0.00788. The summed E-state index contributed by atoms with van der Waals surface area (Å²) in [6.45, 7) is 4.03. The summed E-state index contributed by atoms with van der Waals surface area (Å²) in [7, 11) is 0. The quantitative estimate of drug-likeness (QED) is 0.783. The zero-order chi connectivity index (χ0) is 12.4. The van der Waals surface area contributed by atoms with Gasteiger partial charge in [0, 0.05) is 17.5 Å². The molecule has 2 aromatic rings. The summed E-state index contributed by atoms with van der Waals surface area (Å²) in [4.78, 5) is 11.2. The lowest BCUT2D eigenvalue weighted by atomic mass is 10.2. The van der Waals surface area contributed by atoms with E-state index >= 15 is 0 Å². The number of ether oxygens (including phenoxy) is 1. The topological polar surface area (TPSA) is 39.4 Å². The van der Waals surface area contributed by atoms with E-state index in [1.807, 2.05) is 19.9 Å². The molecule has 1 atom stereocenters. The fourth-order valence-corrected chi connectivity index (χ4v) is 1.74. The molecule has 0 aliphatic rings. The Morgan fingerprint density at radius 2 is 2.18 bits per heavy atom. The highest BCUT2D eigenvalue weighted by atomic mass is 35.5. The Labute approximate surface area is 104 Å². The van der Waals surface area contributed by atoms with Crippen molar-refractivity contribution in [1.29, 1.82) is 0 Å². The summed E-state index contributed by atoms with van der Waals surface area (Å²) < 4.78 is 10.7. The van der Waals surface area contributed by atoms with Gasteiger partial charge in [0.2, 0.25) is 0 Å². The van der Waals surface area contributed by atoms with Gasteiger partial charge < -0.3 is 9.15 Å². The fourth-order valence-electron chi connectivity index (χ4n) is 1.49. The predicted molar refractivity (Wildman–Crippen MR) is 67.9 cm³/mol. The average Bonchev–Trinajstić information content (AvgIpc) is 2.28. The lowest BCUT2D eigenvalue weighted by molar-refractivity contribution is 0.217. The first-order chi connectivity index (χ1) is 8.10. The van der Waals surface area contributed by atoms with E-state index in [-0.39, 0.29) is 6.10 Å². The van der Waals surface area contributed by atoms with E-state index in [2.05, 4.69) is 0 Å². The zero-order valence-electron chi connectivity index (χ0n) is 9.70. The van der Waals surface area contributed by atoms with Gasteiger partial charge in [0.25, 0.3) is 0 Å². The summed E-state index contributed by atoms with van der Waals surface area (Å²) in [6, 6.07) is 6.56. The molecule has 90 valence electrons. The molecule has 4 heteroatoms. The van der Waals surface area contributed by atoms with Gasteiger partial charge in [-0.2, -0.15) is 0 Å². The fraction of sp³-hybridized carbons (Fsp3) is 0.308. The van der Waals surface area contributed by atoms with Gasteiger partial charge in [-0.3, -0.25) is 0 Å². The largest absolute Gasteiger partial charge is 0.491 e. The molecule has 1 heterocycles. The van der Waals surface area contributed by atoms with Crippen molar-refractivity contribution < 1.29 is 9.15 Å². The number of rotatable bonds is 3. The minimum atomic E-state index is -0.455. The number of halogens is 1. The van der Waals surface area contributed by atoms with Gasteiger partial charge in [0.15, 0.2) is 0 Å². The highest BCUT2D eigenvalue weighted by molar-refractivity contribution is 6.35. The van der Waals surface area contributed by atoms with E-state index in [4.69, 9.17) is 20.8 Å². The van der Waals surface area contributed by atoms with Crippen LogP contribution in [0, 0.1) is 0 Å². The monoisotopic (exact) mass is 252 g/mol. The highest BCUT2D eigenvalue weighted by Crippen LogP contribution is 2.26. The summed E-state index contributed by atoms with van der Waals surface area (Å²) in [6.07, 6.45) is 1.04. The second kappa shape index (κ2) is 4.80. The molecule has 0 saturated carbocycles. The summed E-state index contributed by atoms with van der Waals surface area (Å²) >= 11 is 5.95. The number of hydrogen-bond donors (Lipinski definition) is 0. The predicted octanol–water partition coefficient (Wildman–Crippen LogP) is 3.62. The molecule has 1 aromatic heterocycles. The molecule has 1 aromatic carbocycles. The lowest BCUT2D eigenvalue weighted by Gasteiger charge is -2.12. The Kier molecular flexibility index (Phi) is 3.38. The van der Waals surface area contributed by atoms with Crippen LogP contribution in [0.1, 0.15) is 20.3 Å². The van der Waals surface area contributed by atoms with Crippen molar-refractivity contribution in [3.63, 3.8) is 0 Å². The molecule has 0 saturated heterocycles. The SMILES string of the molecule is CCC(C)Oc1ccc2c(Cl)cc(=O)oc2c1. The molecule has 0 fully saturated rings. The van der Waals surface area contributed by atoms with Crippen LogP contribution in [0.4, 0.5) is 0 Å². The first-order valence-corrected chi connectivity index (χ1v) is 5.88. The molecule has 0 radical (unpaired) electrons. The van der Waals surface area contributed by atoms with Crippen LogP contribution in [0.25, 0.3) is 11.0 Å².